The average molecular weight is 357 g/mol. The van der Waals surface area contributed by atoms with E-state index in [4.69, 9.17) is 9.26 Å². The summed E-state index contributed by atoms with van der Waals surface area (Å²) in [5, 5.41) is 4.01. The number of ether oxygens (including phenoxy) is 1. The van der Waals surface area contributed by atoms with E-state index in [0.29, 0.717) is 13.0 Å². The normalized spacial score (nSPS) is 15.3. The zero-order valence-electron chi connectivity index (χ0n) is 15.8. The molecule has 1 aliphatic rings. The molecule has 0 N–H and O–H groups in total. The predicted molar refractivity (Wildman–Crippen MR) is 99.1 cm³/mol. The van der Waals surface area contributed by atoms with Crippen LogP contribution in [-0.4, -0.2) is 53.6 Å². The van der Waals surface area contributed by atoms with Crippen LogP contribution in [0.15, 0.2) is 28.8 Å². The van der Waals surface area contributed by atoms with Gasteiger partial charge in [0.05, 0.1) is 18.7 Å². The Morgan fingerprint density at radius 3 is 2.42 bits per heavy atom. The minimum Gasteiger partial charge on any atom is -0.494 e. The van der Waals surface area contributed by atoms with Gasteiger partial charge in [-0.2, -0.15) is 0 Å². The highest BCUT2D eigenvalue weighted by Gasteiger charge is 2.22. The molecule has 0 atom stereocenters. The lowest BCUT2D eigenvalue weighted by Gasteiger charge is -2.34. The summed E-state index contributed by atoms with van der Waals surface area (Å²) in [6.45, 7) is 10.6. The van der Waals surface area contributed by atoms with Crippen LogP contribution in [-0.2, 0) is 17.8 Å². The van der Waals surface area contributed by atoms with Crippen molar-refractivity contribution in [3.8, 4) is 5.75 Å². The Balaban J connectivity index is 1.49. The van der Waals surface area contributed by atoms with Crippen molar-refractivity contribution in [3.05, 3.63) is 46.8 Å². The number of benzene rings is 1. The molecule has 1 aromatic heterocycles. The van der Waals surface area contributed by atoms with Gasteiger partial charge in [-0.25, -0.2) is 0 Å². The molecule has 1 saturated heterocycles. The van der Waals surface area contributed by atoms with Gasteiger partial charge in [-0.1, -0.05) is 17.3 Å². The van der Waals surface area contributed by atoms with Gasteiger partial charge in [-0.3, -0.25) is 9.69 Å². The van der Waals surface area contributed by atoms with Crippen LogP contribution in [0.1, 0.15) is 29.5 Å². The molecule has 1 amide bonds. The first kappa shape index (κ1) is 18.5. The van der Waals surface area contributed by atoms with Crippen LogP contribution >= 0.6 is 0 Å². The number of aryl methyl sites for hydroxylation is 2. The first-order chi connectivity index (χ1) is 12.6. The van der Waals surface area contributed by atoms with Crippen molar-refractivity contribution in [2.75, 3.05) is 32.8 Å². The number of piperazine rings is 1. The van der Waals surface area contributed by atoms with E-state index in [1.54, 1.807) is 0 Å². The van der Waals surface area contributed by atoms with Crippen LogP contribution in [0.2, 0.25) is 0 Å². The first-order valence-corrected chi connectivity index (χ1v) is 9.20. The summed E-state index contributed by atoms with van der Waals surface area (Å²) in [7, 11) is 0. The van der Waals surface area contributed by atoms with Crippen LogP contribution in [0.4, 0.5) is 0 Å². The smallest absolute Gasteiger partial charge is 0.227 e. The molecule has 0 bridgehead atoms. The summed E-state index contributed by atoms with van der Waals surface area (Å²) in [5.74, 6) is 1.92. The second-order valence-electron chi connectivity index (χ2n) is 6.71. The van der Waals surface area contributed by atoms with Crippen LogP contribution in [0.3, 0.4) is 0 Å². The molecule has 0 saturated carbocycles. The quantitative estimate of drug-likeness (QED) is 0.795. The molecular formula is C20H27N3O3. The number of nitrogens with zero attached hydrogens (tertiary/aromatic N) is 3. The van der Waals surface area contributed by atoms with Gasteiger partial charge >= 0.3 is 0 Å². The summed E-state index contributed by atoms with van der Waals surface area (Å²) in [4.78, 5) is 16.9. The third-order valence-electron chi connectivity index (χ3n) is 4.88. The Bertz CT molecular complexity index is 712. The van der Waals surface area contributed by atoms with Crippen LogP contribution in [0, 0.1) is 13.8 Å². The SMILES string of the molecule is CCOc1ccc(CC(=O)N2CCN(Cc3c(C)noc3C)CC2)cc1. The molecule has 0 aliphatic carbocycles. The van der Waals surface area contributed by atoms with E-state index >= 15 is 0 Å². The lowest BCUT2D eigenvalue weighted by Crippen LogP contribution is -2.48. The van der Waals surface area contributed by atoms with Crippen molar-refractivity contribution >= 4 is 5.91 Å². The lowest BCUT2D eigenvalue weighted by molar-refractivity contribution is -0.132. The molecule has 1 aromatic carbocycles. The molecule has 2 heterocycles. The Morgan fingerprint density at radius 2 is 1.85 bits per heavy atom. The van der Waals surface area contributed by atoms with Crippen molar-refractivity contribution in [2.24, 2.45) is 0 Å². The Kier molecular flexibility index (Phi) is 5.93. The monoisotopic (exact) mass is 357 g/mol. The molecular weight excluding hydrogens is 330 g/mol. The number of carbonyl (C=O) groups is 1. The summed E-state index contributed by atoms with van der Waals surface area (Å²) in [6, 6.07) is 7.79. The van der Waals surface area contributed by atoms with E-state index < -0.39 is 0 Å². The number of hydrogen-bond donors (Lipinski definition) is 0. The highest BCUT2D eigenvalue weighted by molar-refractivity contribution is 5.79. The van der Waals surface area contributed by atoms with Crippen molar-refractivity contribution in [1.29, 1.82) is 0 Å². The molecule has 6 heteroatoms. The van der Waals surface area contributed by atoms with Crippen LogP contribution < -0.4 is 4.74 Å². The third-order valence-corrected chi connectivity index (χ3v) is 4.88. The van der Waals surface area contributed by atoms with E-state index in [1.807, 2.05) is 49.9 Å². The van der Waals surface area contributed by atoms with E-state index in [1.165, 1.54) is 5.56 Å². The summed E-state index contributed by atoms with van der Waals surface area (Å²) >= 11 is 0. The van der Waals surface area contributed by atoms with Crippen LogP contribution in [0.25, 0.3) is 0 Å². The number of carbonyl (C=O) groups excluding carboxylic acids is 1. The predicted octanol–water partition coefficient (Wildman–Crippen LogP) is 2.58. The maximum atomic E-state index is 12.6. The van der Waals surface area contributed by atoms with Crippen molar-refractivity contribution in [2.45, 2.75) is 33.7 Å². The van der Waals surface area contributed by atoms with E-state index in [0.717, 1.165) is 55.5 Å². The minimum absolute atomic E-state index is 0.186. The molecule has 3 rings (SSSR count). The molecule has 1 aliphatic heterocycles. The fourth-order valence-corrected chi connectivity index (χ4v) is 3.26. The number of aromatic nitrogens is 1. The van der Waals surface area contributed by atoms with Crippen molar-refractivity contribution in [3.63, 3.8) is 0 Å². The molecule has 26 heavy (non-hydrogen) atoms. The van der Waals surface area contributed by atoms with Crippen LogP contribution in [0.5, 0.6) is 5.75 Å². The zero-order valence-corrected chi connectivity index (χ0v) is 15.8. The number of amides is 1. The van der Waals surface area contributed by atoms with Gasteiger partial charge in [0, 0.05) is 38.3 Å². The largest absolute Gasteiger partial charge is 0.494 e. The molecule has 0 unspecified atom stereocenters. The topological polar surface area (TPSA) is 58.8 Å². The summed E-state index contributed by atoms with van der Waals surface area (Å²) in [6.07, 6.45) is 0.441. The van der Waals surface area contributed by atoms with Crippen molar-refractivity contribution < 1.29 is 14.1 Å². The number of hydrogen-bond acceptors (Lipinski definition) is 5. The zero-order chi connectivity index (χ0) is 18.5. The molecule has 0 spiro atoms. The molecule has 0 radical (unpaired) electrons. The Hall–Kier alpha value is -2.34. The van der Waals surface area contributed by atoms with Gasteiger partial charge in [0.1, 0.15) is 11.5 Å². The maximum Gasteiger partial charge on any atom is 0.227 e. The van der Waals surface area contributed by atoms with Gasteiger partial charge in [0.2, 0.25) is 5.91 Å². The minimum atomic E-state index is 0.186. The van der Waals surface area contributed by atoms with Crippen molar-refractivity contribution in [1.82, 2.24) is 15.0 Å². The fraction of sp³-hybridized carbons (Fsp3) is 0.500. The average Bonchev–Trinajstić information content (AvgIpc) is 2.96. The Morgan fingerprint density at radius 1 is 1.15 bits per heavy atom. The third kappa shape index (κ3) is 4.43. The second kappa shape index (κ2) is 8.36. The second-order valence-corrected chi connectivity index (χ2v) is 6.71. The number of rotatable bonds is 6. The first-order valence-electron chi connectivity index (χ1n) is 9.20. The molecule has 1 fully saturated rings. The lowest BCUT2D eigenvalue weighted by atomic mass is 10.1. The van der Waals surface area contributed by atoms with Gasteiger partial charge in [-0.15, -0.1) is 0 Å². The van der Waals surface area contributed by atoms with Gasteiger partial charge in [0.25, 0.3) is 0 Å². The highest BCUT2D eigenvalue weighted by Crippen LogP contribution is 2.17. The standard InChI is InChI=1S/C20H27N3O3/c1-4-25-18-7-5-17(6-8-18)13-20(24)23-11-9-22(10-12-23)14-19-15(2)21-26-16(19)3/h5-8H,4,9-14H2,1-3H3. The summed E-state index contributed by atoms with van der Waals surface area (Å²) < 4.78 is 10.7. The maximum absolute atomic E-state index is 12.6. The van der Waals surface area contributed by atoms with Gasteiger partial charge in [0.15, 0.2) is 0 Å². The summed E-state index contributed by atoms with van der Waals surface area (Å²) in [5.41, 5.74) is 3.15. The highest BCUT2D eigenvalue weighted by atomic mass is 16.5. The van der Waals surface area contributed by atoms with Gasteiger partial charge < -0.3 is 14.2 Å². The Labute approximate surface area is 154 Å². The van der Waals surface area contributed by atoms with Gasteiger partial charge in [-0.05, 0) is 38.5 Å². The molecule has 6 nitrogen and oxygen atoms in total. The molecule has 140 valence electrons. The van der Waals surface area contributed by atoms with E-state index in [-0.39, 0.29) is 5.91 Å². The fourth-order valence-electron chi connectivity index (χ4n) is 3.26. The van der Waals surface area contributed by atoms with E-state index in [2.05, 4.69) is 10.1 Å². The molecule has 2 aromatic rings. The van der Waals surface area contributed by atoms with E-state index in [9.17, 15) is 4.79 Å².